The average Bonchev–Trinajstić information content (AvgIpc) is 3.46. The molecule has 4 aromatic carbocycles. The zero-order valence-electron chi connectivity index (χ0n) is 31.4. The van der Waals surface area contributed by atoms with Gasteiger partial charge in [0.25, 0.3) is 0 Å². The third-order valence-corrected chi connectivity index (χ3v) is 10.3. The second-order valence-electron chi connectivity index (χ2n) is 17.1. The first-order valence-electron chi connectivity index (χ1n) is 17.7. The molecule has 3 aromatic heterocycles. The Morgan fingerprint density at radius 3 is 1.86 bits per heavy atom. The quantitative estimate of drug-likeness (QED) is 0.205. The Kier molecular flexibility index (Phi) is 7.75. The average molecular weight is 660 g/mol. The highest BCUT2D eigenvalue weighted by atomic mass is 16.3. The van der Waals surface area contributed by atoms with E-state index < -0.39 is 0 Å². The molecule has 0 saturated carbocycles. The second kappa shape index (κ2) is 11.6. The van der Waals surface area contributed by atoms with Crippen molar-refractivity contribution in [1.82, 2.24) is 14.4 Å². The smallest absolute Gasteiger partial charge is 0.146 e. The minimum Gasteiger partial charge on any atom is -0.507 e. The van der Waals surface area contributed by atoms with E-state index in [9.17, 15) is 5.11 Å². The van der Waals surface area contributed by atoms with Gasteiger partial charge in [0, 0.05) is 22.2 Å². The van der Waals surface area contributed by atoms with Crippen LogP contribution >= 0.6 is 0 Å². The normalized spacial score (nSPS) is 12.8. The Bertz CT molecular complexity index is 2450. The molecule has 254 valence electrons. The van der Waals surface area contributed by atoms with Crippen LogP contribution in [0.3, 0.4) is 0 Å². The van der Waals surface area contributed by atoms with Crippen LogP contribution < -0.4 is 0 Å². The first-order valence-corrected chi connectivity index (χ1v) is 17.7. The monoisotopic (exact) mass is 659 g/mol. The molecule has 0 aliphatic heterocycles. The van der Waals surface area contributed by atoms with Gasteiger partial charge in [-0.1, -0.05) is 117 Å². The molecule has 3 heterocycles. The fourth-order valence-corrected chi connectivity index (χ4v) is 7.21. The minimum absolute atomic E-state index is 0.0156. The van der Waals surface area contributed by atoms with Crippen molar-refractivity contribution in [2.24, 2.45) is 0 Å². The third-order valence-electron chi connectivity index (χ3n) is 10.3. The number of hydrogen-bond acceptors (Lipinski definition) is 3. The van der Waals surface area contributed by atoms with Crippen LogP contribution in [0.5, 0.6) is 5.75 Å². The molecule has 7 aromatic rings. The number of pyridine rings is 2. The molecule has 50 heavy (non-hydrogen) atoms. The van der Waals surface area contributed by atoms with E-state index in [1.807, 2.05) is 30.3 Å². The third kappa shape index (κ3) is 5.65. The largest absolute Gasteiger partial charge is 0.507 e. The maximum Gasteiger partial charge on any atom is 0.146 e. The summed E-state index contributed by atoms with van der Waals surface area (Å²) >= 11 is 0. The topological polar surface area (TPSA) is 50.4 Å². The van der Waals surface area contributed by atoms with Crippen LogP contribution in [0, 0.1) is 13.8 Å². The Morgan fingerprint density at radius 1 is 0.580 bits per heavy atom. The number of aryl methyl sites for hydroxylation is 2. The van der Waals surface area contributed by atoms with Gasteiger partial charge in [-0.25, -0.2) is 9.97 Å². The van der Waals surface area contributed by atoms with Crippen LogP contribution in [-0.4, -0.2) is 19.5 Å². The minimum atomic E-state index is -0.150. The highest BCUT2D eigenvalue weighted by Crippen LogP contribution is 2.42. The van der Waals surface area contributed by atoms with Crippen molar-refractivity contribution < 1.29 is 5.11 Å². The molecule has 0 aliphatic carbocycles. The number of phenolic OH excluding ortho intramolecular Hbond substituents is 1. The number of aromatic nitrogens is 3. The van der Waals surface area contributed by atoms with Crippen LogP contribution in [0.1, 0.15) is 90.3 Å². The molecule has 0 radical (unpaired) electrons. The second-order valence-corrected chi connectivity index (χ2v) is 17.1. The Labute approximate surface area is 296 Å². The van der Waals surface area contributed by atoms with Crippen LogP contribution in [0.15, 0.2) is 91.0 Å². The van der Waals surface area contributed by atoms with Crippen LogP contribution in [-0.2, 0) is 16.2 Å². The maximum absolute atomic E-state index is 11.2. The van der Waals surface area contributed by atoms with E-state index in [4.69, 9.17) is 9.97 Å². The van der Waals surface area contributed by atoms with E-state index in [1.54, 1.807) is 6.07 Å². The summed E-state index contributed by atoms with van der Waals surface area (Å²) in [4.78, 5) is 10.8. The summed E-state index contributed by atoms with van der Waals surface area (Å²) in [7, 11) is 0. The summed E-state index contributed by atoms with van der Waals surface area (Å²) < 4.78 is 2.35. The summed E-state index contributed by atoms with van der Waals surface area (Å²) in [6.45, 7) is 24.9. The van der Waals surface area contributed by atoms with Crippen molar-refractivity contribution in [2.45, 2.75) is 92.4 Å². The van der Waals surface area contributed by atoms with Gasteiger partial charge >= 0.3 is 0 Å². The highest BCUT2D eigenvalue weighted by molar-refractivity contribution is 6.05. The molecule has 0 unspecified atom stereocenters. The van der Waals surface area contributed by atoms with Gasteiger partial charge in [0.2, 0.25) is 0 Å². The number of aromatic hydroxyl groups is 1. The van der Waals surface area contributed by atoms with Crippen LogP contribution in [0.2, 0.25) is 0 Å². The van der Waals surface area contributed by atoms with Gasteiger partial charge in [-0.15, -0.1) is 0 Å². The molecule has 0 amide bonds. The summed E-state index contributed by atoms with van der Waals surface area (Å²) in [6, 6.07) is 31.6. The van der Waals surface area contributed by atoms with Gasteiger partial charge < -0.3 is 5.11 Å². The van der Waals surface area contributed by atoms with Gasteiger partial charge in [-0.2, -0.15) is 0 Å². The van der Waals surface area contributed by atoms with Crippen molar-refractivity contribution >= 4 is 27.5 Å². The van der Waals surface area contributed by atoms with E-state index >= 15 is 0 Å². The van der Waals surface area contributed by atoms with Gasteiger partial charge in [-0.3, -0.25) is 4.40 Å². The molecular formula is C46H49N3O. The summed E-state index contributed by atoms with van der Waals surface area (Å²) in [5, 5.41) is 13.7. The van der Waals surface area contributed by atoms with E-state index in [1.165, 1.54) is 33.2 Å². The van der Waals surface area contributed by atoms with Gasteiger partial charge in [0.1, 0.15) is 11.4 Å². The Morgan fingerprint density at radius 2 is 1.22 bits per heavy atom. The van der Waals surface area contributed by atoms with E-state index in [-0.39, 0.29) is 22.0 Å². The molecule has 0 spiro atoms. The fraction of sp³-hybridized carbons (Fsp3) is 0.304. The number of imidazole rings is 1. The number of phenols is 1. The molecule has 0 atom stereocenters. The molecule has 0 fully saturated rings. The number of rotatable bonds is 3. The van der Waals surface area contributed by atoms with Crippen molar-refractivity contribution in [3.63, 3.8) is 0 Å². The fourth-order valence-electron chi connectivity index (χ4n) is 7.21. The number of hydrogen-bond donors (Lipinski definition) is 1. The van der Waals surface area contributed by atoms with Gasteiger partial charge in [-0.05, 0) is 105 Å². The van der Waals surface area contributed by atoms with Crippen LogP contribution in [0.4, 0.5) is 0 Å². The Balaban J connectivity index is 1.54. The molecule has 4 heteroatoms. The highest BCUT2D eigenvalue weighted by Gasteiger charge is 2.27. The predicted molar refractivity (Wildman–Crippen MR) is 212 cm³/mol. The molecule has 0 bridgehead atoms. The summed E-state index contributed by atoms with van der Waals surface area (Å²) in [6.07, 6.45) is 0. The van der Waals surface area contributed by atoms with Crippen LogP contribution in [0.25, 0.3) is 61.1 Å². The van der Waals surface area contributed by atoms with Gasteiger partial charge in [0.05, 0.1) is 22.4 Å². The zero-order valence-corrected chi connectivity index (χ0v) is 31.4. The standard InChI is InChI=1S/C46H49N3O/c1-27-28(2)49-39-19-15-18-33(42(39)48-43(49)35-23-31(44(3,4)5)24-36(41(27)35)46(9,10)11)37-25-32(45(6,7)8)26-38(47-37)34-22-30(20-21-40(34)50)29-16-13-12-14-17-29/h12-26,50H,1-11H3. The van der Waals surface area contributed by atoms with Crippen molar-refractivity contribution in [2.75, 3.05) is 0 Å². The predicted octanol–water partition coefficient (Wildman–Crippen LogP) is 12.3. The molecule has 1 N–H and O–H groups in total. The van der Waals surface area contributed by atoms with Gasteiger partial charge in [0.15, 0.2) is 0 Å². The lowest BCUT2D eigenvalue weighted by atomic mass is 9.77. The van der Waals surface area contributed by atoms with E-state index in [2.05, 4.69) is 135 Å². The lowest BCUT2D eigenvalue weighted by Gasteiger charge is -2.28. The molecule has 7 rings (SSSR count). The number of para-hydroxylation sites is 1. The van der Waals surface area contributed by atoms with E-state index in [0.29, 0.717) is 5.56 Å². The number of benzene rings is 4. The number of fused-ring (bicyclic) bond motifs is 5. The summed E-state index contributed by atoms with van der Waals surface area (Å²) in [5.74, 6) is 0.210. The van der Waals surface area contributed by atoms with Crippen molar-refractivity contribution in [3.8, 4) is 39.4 Å². The van der Waals surface area contributed by atoms with Crippen molar-refractivity contribution in [3.05, 3.63) is 119 Å². The van der Waals surface area contributed by atoms with E-state index in [0.717, 1.165) is 50.3 Å². The molecule has 0 saturated heterocycles. The first kappa shape index (κ1) is 33.5. The number of nitrogens with zero attached hydrogens (tertiary/aromatic N) is 3. The molecule has 4 nitrogen and oxygen atoms in total. The molecule has 0 aliphatic rings. The Hall–Kier alpha value is -4.96. The van der Waals surface area contributed by atoms with Crippen molar-refractivity contribution in [1.29, 1.82) is 0 Å². The first-order chi connectivity index (χ1) is 23.4. The lowest BCUT2D eigenvalue weighted by molar-refractivity contribution is 0.477. The maximum atomic E-state index is 11.2. The molecular weight excluding hydrogens is 611 g/mol. The SMILES string of the molecule is Cc1c(C)n2c3cccc(-c4cc(C(C)(C)C)cc(-c5cc(-c6ccccc6)ccc5O)n4)c3nc2c2cc(C(C)(C)C)cc(C(C)(C)C)c12. The lowest BCUT2D eigenvalue weighted by Crippen LogP contribution is -2.18. The summed E-state index contributed by atoms with van der Waals surface area (Å²) in [5.41, 5.74) is 14.5. The zero-order chi connectivity index (χ0) is 35.9.